The highest BCUT2D eigenvalue weighted by atomic mass is 35.5. The summed E-state index contributed by atoms with van der Waals surface area (Å²) in [7, 11) is 0. The van der Waals surface area contributed by atoms with Crippen LogP contribution in [0.2, 0.25) is 5.02 Å². The Morgan fingerprint density at radius 1 is 1.00 bits per heavy atom. The van der Waals surface area contributed by atoms with Gasteiger partial charge in [0.25, 0.3) is 0 Å². The Hall–Kier alpha value is -1.61. The van der Waals surface area contributed by atoms with E-state index in [0.29, 0.717) is 0 Å². The summed E-state index contributed by atoms with van der Waals surface area (Å²) in [5.41, 5.74) is 10.8. The van der Waals surface area contributed by atoms with Crippen molar-refractivity contribution in [3.05, 3.63) is 76.8 Å². The zero-order valence-electron chi connectivity index (χ0n) is 17.3. The maximum absolute atomic E-state index is 6.50. The van der Waals surface area contributed by atoms with Crippen LogP contribution in [-0.2, 0) is 5.41 Å². The molecule has 2 aromatic carbocycles. The number of benzene rings is 2. The fourth-order valence-corrected chi connectivity index (χ4v) is 5.54. The van der Waals surface area contributed by atoms with E-state index in [9.17, 15) is 0 Å². The lowest BCUT2D eigenvalue weighted by Crippen LogP contribution is -2.44. The summed E-state index contributed by atoms with van der Waals surface area (Å²) >= 11 is 6.04. The summed E-state index contributed by atoms with van der Waals surface area (Å²) in [6, 6.07) is 19.3. The van der Waals surface area contributed by atoms with Gasteiger partial charge in [-0.3, -0.25) is 4.90 Å². The van der Waals surface area contributed by atoms with Crippen molar-refractivity contribution < 1.29 is 0 Å². The molecule has 1 aliphatic heterocycles. The Labute approximate surface area is 180 Å². The highest BCUT2D eigenvalue weighted by Gasteiger charge is 2.40. The fourth-order valence-electron chi connectivity index (χ4n) is 5.42. The van der Waals surface area contributed by atoms with Crippen LogP contribution in [0.1, 0.15) is 49.7 Å². The van der Waals surface area contributed by atoms with E-state index < -0.39 is 0 Å². The van der Waals surface area contributed by atoms with Gasteiger partial charge in [0.1, 0.15) is 0 Å². The molecule has 2 aromatic rings. The Morgan fingerprint density at radius 2 is 1.72 bits per heavy atom. The van der Waals surface area contributed by atoms with Crippen LogP contribution in [0.4, 0.5) is 0 Å². The summed E-state index contributed by atoms with van der Waals surface area (Å²) < 4.78 is 0. The first-order valence-electron chi connectivity index (χ1n) is 11.1. The van der Waals surface area contributed by atoms with Gasteiger partial charge in [0.15, 0.2) is 0 Å². The molecule has 1 aliphatic carbocycles. The van der Waals surface area contributed by atoms with Gasteiger partial charge >= 0.3 is 0 Å². The molecule has 3 heteroatoms. The molecular weight excluding hydrogens is 376 g/mol. The fraction of sp³-hybridized carbons (Fsp3) is 0.462. The van der Waals surface area contributed by atoms with Gasteiger partial charge in [-0.15, -0.1) is 0 Å². The van der Waals surface area contributed by atoms with Crippen LogP contribution in [0.15, 0.2) is 60.7 Å². The Morgan fingerprint density at radius 3 is 2.34 bits per heavy atom. The molecule has 1 unspecified atom stereocenters. The SMILES string of the molecule is NCC(CCN1CC=C(c2ccc(Cl)cc2)CC1)(c1ccccc1)C1CCCC1. The number of hydrogen-bond donors (Lipinski definition) is 1. The van der Waals surface area contributed by atoms with Gasteiger partial charge in [0.2, 0.25) is 0 Å². The lowest BCUT2D eigenvalue weighted by molar-refractivity contribution is 0.205. The van der Waals surface area contributed by atoms with E-state index in [4.69, 9.17) is 17.3 Å². The third-order valence-corrected chi connectivity index (χ3v) is 7.48. The van der Waals surface area contributed by atoms with Crippen LogP contribution >= 0.6 is 11.6 Å². The van der Waals surface area contributed by atoms with Crippen LogP contribution in [0.3, 0.4) is 0 Å². The Balaban J connectivity index is 1.45. The van der Waals surface area contributed by atoms with E-state index in [1.54, 1.807) is 0 Å². The first kappa shape index (κ1) is 20.7. The van der Waals surface area contributed by atoms with Crippen LogP contribution < -0.4 is 5.73 Å². The molecule has 2 aliphatic rings. The first-order valence-corrected chi connectivity index (χ1v) is 11.5. The van der Waals surface area contributed by atoms with Gasteiger partial charge in [0, 0.05) is 30.1 Å². The summed E-state index contributed by atoms with van der Waals surface area (Å²) in [4.78, 5) is 2.60. The maximum Gasteiger partial charge on any atom is 0.0406 e. The molecule has 0 saturated heterocycles. The first-order chi connectivity index (χ1) is 14.2. The number of rotatable bonds is 7. The molecule has 1 saturated carbocycles. The summed E-state index contributed by atoms with van der Waals surface area (Å²) in [6.07, 6.45) is 10.0. The van der Waals surface area contributed by atoms with Crippen molar-refractivity contribution in [1.29, 1.82) is 0 Å². The molecule has 0 amide bonds. The van der Waals surface area contributed by atoms with E-state index in [-0.39, 0.29) is 5.41 Å². The summed E-state index contributed by atoms with van der Waals surface area (Å²) in [5.74, 6) is 0.722. The highest BCUT2D eigenvalue weighted by Crippen LogP contribution is 2.44. The molecule has 0 radical (unpaired) electrons. The van der Waals surface area contributed by atoms with Gasteiger partial charge in [0.05, 0.1) is 0 Å². The predicted molar refractivity (Wildman–Crippen MR) is 124 cm³/mol. The molecule has 2 N–H and O–H groups in total. The van der Waals surface area contributed by atoms with Gasteiger partial charge in [-0.05, 0) is 67.0 Å². The molecular formula is C26H33ClN2. The van der Waals surface area contributed by atoms with Crippen molar-refractivity contribution in [2.45, 2.75) is 43.9 Å². The monoisotopic (exact) mass is 408 g/mol. The van der Waals surface area contributed by atoms with E-state index in [2.05, 4.69) is 53.4 Å². The van der Waals surface area contributed by atoms with E-state index >= 15 is 0 Å². The quantitative estimate of drug-likeness (QED) is 0.617. The van der Waals surface area contributed by atoms with Crippen LogP contribution in [0.5, 0.6) is 0 Å². The lowest BCUT2D eigenvalue weighted by Gasteiger charge is -2.41. The second-order valence-electron chi connectivity index (χ2n) is 8.74. The third-order valence-electron chi connectivity index (χ3n) is 7.23. The van der Waals surface area contributed by atoms with E-state index in [1.165, 1.54) is 42.4 Å². The average molecular weight is 409 g/mol. The van der Waals surface area contributed by atoms with Crippen LogP contribution in [0, 0.1) is 5.92 Å². The standard InChI is InChI=1S/C26H33ClN2/c27-25-12-10-21(11-13-25)22-14-17-29(18-15-22)19-16-26(20-28,24-8-4-5-9-24)23-6-2-1-3-7-23/h1-3,6-7,10-14,24H,4-5,8-9,15-20,28H2. The zero-order chi connectivity index (χ0) is 20.1. The molecule has 0 aromatic heterocycles. The van der Waals surface area contributed by atoms with Crippen LogP contribution in [-0.4, -0.2) is 31.1 Å². The molecule has 1 heterocycles. The molecule has 0 bridgehead atoms. The van der Waals surface area contributed by atoms with E-state index in [0.717, 1.165) is 50.0 Å². The minimum atomic E-state index is 0.123. The lowest BCUT2D eigenvalue weighted by atomic mass is 9.67. The van der Waals surface area contributed by atoms with Crippen molar-refractivity contribution in [2.24, 2.45) is 11.7 Å². The number of halogens is 1. The van der Waals surface area contributed by atoms with Gasteiger partial charge in [-0.25, -0.2) is 0 Å². The Kier molecular flexibility index (Phi) is 6.74. The number of nitrogens with two attached hydrogens (primary N) is 1. The largest absolute Gasteiger partial charge is 0.330 e. The van der Waals surface area contributed by atoms with Crippen molar-refractivity contribution in [3.8, 4) is 0 Å². The maximum atomic E-state index is 6.50. The molecule has 29 heavy (non-hydrogen) atoms. The van der Waals surface area contributed by atoms with Crippen molar-refractivity contribution in [2.75, 3.05) is 26.2 Å². The van der Waals surface area contributed by atoms with Crippen LogP contribution in [0.25, 0.3) is 5.57 Å². The average Bonchev–Trinajstić information content (AvgIpc) is 3.32. The Bertz CT molecular complexity index is 808. The topological polar surface area (TPSA) is 29.3 Å². The van der Waals surface area contributed by atoms with Crippen molar-refractivity contribution in [1.82, 2.24) is 4.90 Å². The molecule has 2 nitrogen and oxygen atoms in total. The molecule has 4 rings (SSSR count). The number of hydrogen-bond acceptors (Lipinski definition) is 2. The molecule has 0 spiro atoms. The normalized spacial score (nSPS) is 20.4. The molecule has 1 atom stereocenters. The van der Waals surface area contributed by atoms with Gasteiger partial charge in [-0.2, -0.15) is 0 Å². The zero-order valence-corrected chi connectivity index (χ0v) is 18.1. The summed E-state index contributed by atoms with van der Waals surface area (Å²) in [5, 5.41) is 0.803. The second kappa shape index (κ2) is 9.47. The van der Waals surface area contributed by atoms with E-state index in [1.807, 2.05) is 12.1 Å². The minimum Gasteiger partial charge on any atom is -0.330 e. The highest BCUT2D eigenvalue weighted by molar-refractivity contribution is 6.30. The van der Waals surface area contributed by atoms with Crippen molar-refractivity contribution in [3.63, 3.8) is 0 Å². The predicted octanol–water partition coefficient (Wildman–Crippen LogP) is 5.91. The van der Waals surface area contributed by atoms with Gasteiger partial charge in [-0.1, -0.05) is 73.0 Å². The summed E-state index contributed by atoms with van der Waals surface area (Å²) in [6.45, 7) is 4.01. The minimum absolute atomic E-state index is 0.123. The molecule has 154 valence electrons. The van der Waals surface area contributed by atoms with Crippen molar-refractivity contribution >= 4 is 17.2 Å². The number of nitrogens with zero attached hydrogens (tertiary/aromatic N) is 1. The smallest absolute Gasteiger partial charge is 0.0406 e. The third kappa shape index (κ3) is 4.60. The second-order valence-corrected chi connectivity index (χ2v) is 9.18. The van der Waals surface area contributed by atoms with Gasteiger partial charge < -0.3 is 5.73 Å². The molecule has 1 fully saturated rings.